The van der Waals surface area contributed by atoms with Gasteiger partial charge in [0, 0.05) is 27.5 Å². The Morgan fingerprint density at radius 1 is 1.16 bits per heavy atom. The van der Waals surface area contributed by atoms with E-state index in [2.05, 4.69) is 27.6 Å². The first kappa shape index (κ1) is 16.7. The maximum Gasteiger partial charge on any atom is 0.261 e. The summed E-state index contributed by atoms with van der Waals surface area (Å²) >= 11 is 3.32. The van der Waals surface area contributed by atoms with Gasteiger partial charge in [0.15, 0.2) is 0 Å². The minimum atomic E-state index is -3.61. The van der Waals surface area contributed by atoms with E-state index in [0.717, 1.165) is 40.5 Å². The second kappa shape index (κ2) is 6.18. The van der Waals surface area contributed by atoms with Gasteiger partial charge in [-0.25, -0.2) is 8.42 Å². The number of hydrogen-bond acceptors (Lipinski definition) is 3. The number of furan rings is 1. The normalized spacial score (nSPS) is 17.4. The molecular formula is C19H18BrNO3S. The van der Waals surface area contributed by atoms with Crippen molar-refractivity contribution in [3.8, 4) is 0 Å². The molecule has 25 heavy (non-hydrogen) atoms. The molecule has 1 N–H and O–H groups in total. The number of halogens is 1. The zero-order valence-electron chi connectivity index (χ0n) is 13.8. The van der Waals surface area contributed by atoms with Crippen molar-refractivity contribution in [2.75, 3.05) is 4.72 Å². The van der Waals surface area contributed by atoms with Crippen molar-refractivity contribution in [2.24, 2.45) is 5.92 Å². The summed E-state index contributed by atoms with van der Waals surface area (Å²) in [4.78, 5) is 0.235. The van der Waals surface area contributed by atoms with Gasteiger partial charge in [-0.1, -0.05) is 22.9 Å². The van der Waals surface area contributed by atoms with Crippen molar-refractivity contribution < 1.29 is 12.8 Å². The van der Waals surface area contributed by atoms with Crippen LogP contribution in [0.5, 0.6) is 0 Å². The molecule has 4 nitrogen and oxygen atoms in total. The van der Waals surface area contributed by atoms with Gasteiger partial charge in [0.2, 0.25) is 0 Å². The lowest BCUT2D eigenvalue weighted by atomic mass is 9.88. The Morgan fingerprint density at radius 2 is 1.92 bits per heavy atom. The Balaban J connectivity index is 1.69. The minimum Gasteiger partial charge on any atom is -0.461 e. The zero-order chi connectivity index (χ0) is 17.6. The number of benzene rings is 2. The van der Waals surface area contributed by atoms with E-state index in [9.17, 15) is 8.42 Å². The third-order valence-corrected chi connectivity index (χ3v) is 6.60. The predicted molar refractivity (Wildman–Crippen MR) is 102 cm³/mol. The first-order valence-electron chi connectivity index (χ1n) is 8.25. The minimum absolute atomic E-state index is 0.235. The molecule has 3 aromatic rings. The average molecular weight is 420 g/mol. The highest BCUT2D eigenvalue weighted by molar-refractivity contribution is 9.10. The number of fused-ring (bicyclic) bond motifs is 3. The molecule has 1 aliphatic rings. The van der Waals surface area contributed by atoms with E-state index in [4.69, 9.17) is 4.42 Å². The molecule has 1 heterocycles. The van der Waals surface area contributed by atoms with Gasteiger partial charge in [0.25, 0.3) is 10.0 Å². The van der Waals surface area contributed by atoms with Crippen LogP contribution in [0.3, 0.4) is 0 Å². The van der Waals surface area contributed by atoms with Gasteiger partial charge in [-0.2, -0.15) is 0 Å². The number of nitrogens with one attached hydrogen (secondary N) is 1. The van der Waals surface area contributed by atoms with Crippen LogP contribution in [0, 0.1) is 5.92 Å². The summed E-state index contributed by atoms with van der Waals surface area (Å²) in [5.74, 6) is 1.67. The van der Waals surface area contributed by atoms with Crippen molar-refractivity contribution >= 4 is 42.6 Å². The average Bonchev–Trinajstić information content (AvgIpc) is 2.91. The number of rotatable bonds is 3. The molecule has 0 saturated carbocycles. The SMILES string of the molecule is CC1CCc2c(oc3ccc(NS(=O)(=O)c4ccc(Br)cc4)cc23)C1. The quantitative estimate of drug-likeness (QED) is 0.640. The molecule has 0 amide bonds. The molecule has 0 bridgehead atoms. The van der Waals surface area contributed by atoms with Gasteiger partial charge in [-0.15, -0.1) is 0 Å². The topological polar surface area (TPSA) is 59.3 Å². The van der Waals surface area contributed by atoms with Crippen LogP contribution < -0.4 is 4.72 Å². The molecule has 130 valence electrons. The first-order valence-corrected chi connectivity index (χ1v) is 10.5. The molecule has 1 aliphatic carbocycles. The molecule has 0 saturated heterocycles. The largest absolute Gasteiger partial charge is 0.461 e. The highest BCUT2D eigenvalue weighted by atomic mass is 79.9. The van der Waals surface area contributed by atoms with Gasteiger partial charge < -0.3 is 4.42 Å². The summed E-state index contributed by atoms with van der Waals surface area (Å²) in [6, 6.07) is 12.0. The number of hydrogen-bond donors (Lipinski definition) is 1. The van der Waals surface area contributed by atoms with E-state index in [1.165, 1.54) is 5.56 Å². The summed E-state index contributed by atoms with van der Waals surface area (Å²) in [5, 5.41) is 1.01. The summed E-state index contributed by atoms with van der Waals surface area (Å²) in [7, 11) is -3.61. The van der Waals surface area contributed by atoms with Crippen LogP contribution in [0.15, 0.2) is 56.2 Å². The van der Waals surface area contributed by atoms with Gasteiger partial charge in [-0.05, 0) is 61.2 Å². The van der Waals surface area contributed by atoms with Crippen molar-refractivity contribution in [2.45, 2.75) is 31.1 Å². The third-order valence-electron chi connectivity index (χ3n) is 4.67. The Morgan fingerprint density at radius 3 is 2.68 bits per heavy atom. The van der Waals surface area contributed by atoms with Gasteiger partial charge in [0.1, 0.15) is 11.3 Å². The Labute approximate surface area is 155 Å². The fourth-order valence-corrected chi connectivity index (χ4v) is 4.65. The van der Waals surface area contributed by atoms with E-state index >= 15 is 0 Å². The highest BCUT2D eigenvalue weighted by Gasteiger charge is 2.22. The molecule has 2 aromatic carbocycles. The molecule has 1 atom stereocenters. The molecule has 0 aliphatic heterocycles. The van der Waals surface area contributed by atoms with Gasteiger partial charge >= 0.3 is 0 Å². The lowest BCUT2D eigenvalue weighted by Crippen LogP contribution is -2.12. The number of sulfonamides is 1. The second-order valence-electron chi connectivity index (χ2n) is 6.62. The van der Waals surface area contributed by atoms with Crippen molar-refractivity contribution in [1.82, 2.24) is 0 Å². The van der Waals surface area contributed by atoms with Crippen molar-refractivity contribution in [1.29, 1.82) is 0 Å². The van der Waals surface area contributed by atoms with Crippen LogP contribution in [0.1, 0.15) is 24.7 Å². The predicted octanol–water partition coefficient (Wildman–Crippen LogP) is 5.12. The fraction of sp³-hybridized carbons (Fsp3) is 0.263. The van der Waals surface area contributed by atoms with Crippen LogP contribution in [-0.2, 0) is 22.9 Å². The maximum absolute atomic E-state index is 12.6. The molecule has 6 heteroatoms. The van der Waals surface area contributed by atoms with Crippen molar-refractivity contribution in [3.05, 3.63) is 58.3 Å². The van der Waals surface area contributed by atoms with E-state index in [1.807, 2.05) is 12.1 Å². The van der Waals surface area contributed by atoms with Crippen LogP contribution in [0.2, 0.25) is 0 Å². The number of aryl methyl sites for hydroxylation is 1. The number of anilines is 1. The molecule has 0 radical (unpaired) electrons. The first-order chi connectivity index (χ1) is 11.9. The Bertz CT molecular complexity index is 1040. The van der Waals surface area contributed by atoms with Crippen LogP contribution >= 0.6 is 15.9 Å². The van der Waals surface area contributed by atoms with Crippen LogP contribution in [-0.4, -0.2) is 8.42 Å². The summed E-state index contributed by atoms with van der Waals surface area (Å²) < 4.78 is 34.6. The molecule has 0 fully saturated rings. The summed E-state index contributed by atoms with van der Waals surface area (Å²) in [6.07, 6.45) is 3.06. The smallest absolute Gasteiger partial charge is 0.261 e. The van der Waals surface area contributed by atoms with Crippen LogP contribution in [0.4, 0.5) is 5.69 Å². The summed E-state index contributed by atoms with van der Waals surface area (Å²) in [6.45, 7) is 2.23. The Kier molecular flexibility index (Phi) is 4.12. The molecule has 4 rings (SSSR count). The third kappa shape index (κ3) is 3.20. The Hall–Kier alpha value is -1.79. The monoisotopic (exact) mass is 419 g/mol. The van der Waals surface area contributed by atoms with Crippen molar-refractivity contribution in [3.63, 3.8) is 0 Å². The lowest BCUT2D eigenvalue weighted by Gasteiger charge is -2.16. The van der Waals surface area contributed by atoms with Gasteiger partial charge in [-0.3, -0.25) is 4.72 Å². The lowest BCUT2D eigenvalue weighted by molar-refractivity contribution is 0.426. The summed E-state index contributed by atoms with van der Waals surface area (Å²) in [5.41, 5.74) is 2.60. The molecule has 1 aromatic heterocycles. The van der Waals surface area contributed by atoms with E-state index in [0.29, 0.717) is 11.6 Å². The maximum atomic E-state index is 12.6. The van der Waals surface area contributed by atoms with E-state index < -0.39 is 10.0 Å². The van der Waals surface area contributed by atoms with E-state index in [1.54, 1.807) is 30.3 Å². The second-order valence-corrected chi connectivity index (χ2v) is 9.22. The fourth-order valence-electron chi connectivity index (χ4n) is 3.34. The molecular weight excluding hydrogens is 402 g/mol. The van der Waals surface area contributed by atoms with Crippen LogP contribution in [0.25, 0.3) is 11.0 Å². The van der Waals surface area contributed by atoms with Gasteiger partial charge in [0.05, 0.1) is 4.90 Å². The highest BCUT2D eigenvalue weighted by Crippen LogP contribution is 2.35. The van der Waals surface area contributed by atoms with E-state index in [-0.39, 0.29) is 4.90 Å². The molecule has 1 unspecified atom stereocenters. The molecule has 0 spiro atoms. The zero-order valence-corrected chi connectivity index (χ0v) is 16.2. The standard InChI is InChI=1S/C19H18BrNO3S/c1-12-2-8-16-17-11-14(5-9-18(17)24-19(16)10-12)21-25(22,23)15-6-3-13(20)4-7-15/h3-7,9,11-12,21H,2,8,10H2,1H3.